The van der Waals surface area contributed by atoms with Gasteiger partial charge < -0.3 is 9.32 Å². The summed E-state index contributed by atoms with van der Waals surface area (Å²) in [4.78, 5) is 15.4. The van der Waals surface area contributed by atoms with Gasteiger partial charge in [0.15, 0.2) is 0 Å². The molecule has 2 rings (SSSR count). The van der Waals surface area contributed by atoms with Crippen LogP contribution in [-0.2, 0) is 17.9 Å². The van der Waals surface area contributed by atoms with Crippen molar-refractivity contribution in [3.8, 4) is 0 Å². The van der Waals surface area contributed by atoms with E-state index in [9.17, 15) is 13.6 Å². The van der Waals surface area contributed by atoms with Crippen molar-refractivity contribution in [2.75, 3.05) is 20.6 Å². The number of carbonyl (C=O) groups excluding carboxylic acids is 1. The lowest BCUT2D eigenvalue weighted by molar-refractivity contribution is -0.131. The van der Waals surface area contributed by atoms with Crippen LogP contribution in [0.2, 0.25) is 0 Å². The fraction of sp³-hybridized carbons (Fsp3) is 0.353. The Balaban J connectivity index is 1.88. The number of hydrogen-bond donors (Lipinski definition) is 0. The van der Waals surface area contributed by atoms with Crippen LogP contribution < -0.4 is 0 Å². The van der Waals surface area contributed by atoms with Gasteiger partial charge in [0.1, 0.15) is 23.2 Å². The average molecular weight is 322 g/mol. The standard InChI is InChI=1S/C17H20F2N2O2/c1-12-4-7-15(23-12)10-21(3)17(22)11-20(2)9-13-5-6-14(18)8-16(13)19/h4-8H,9-11H2,1-3H3. The molecular weight excluding hydrogens is 302 g/mol. The van der Waals surface area contributed by atoms with Crippen molar-refractivity contribution < 1.29 is 18.0 Å². The maximum Gasteiger partial charge on any atom is 0.236 e. The fourth-order valence-corrected chi connectivity index (χ4v) is 2.24. The van der Waals surface area contributed by atoms with Crippen LogP contribution in [-0.4, -0.2) is 36.3 Å². The monoisotopic (exact) mass is 322 g/mol. The van der Waals surface area contributed by atoms with Crippen molar-refractivity contribution in [1.82, 2.24) is 9.80 Å². The van der Waals surface area contributed by atoms with Crippen molar-refractivity contribution in [2.45, 2.75) is 20.0 Å². The van der Waals surface area contributed by atoms with E-state index >= 15 is 0 Å². The van der Waals surface area contributed by atoms with Gasteiger partial charge in [0, 0.05) is 25.2 Å². The Kier molecular flexibility index (Phi) is 5.50. The molecule has 0 radical (unpaired) electrons. The summed E-state index contributed by atoms with van der Waals surface area (Å²) >= 11 is 0. The summed E-state index contributed by atoms with van der Waals surface area (Å²) in [5.41, 5.74) is 0.353. The second-order valence-electron chi connectivity index (χ2n) is 5.67. The molecule has 4 nitrogen and oxygen atoms in total. The molecule has 0 aliphatic rings. The quantitative estimate of drug-likeness (QED) is 0.820. The second kappa shape index (κ2) is 7.37. The average Bonchev–Trinajstić information content (AvgIpc) is 2.87. The first kappa shape index (κ1) is 17.1. The fourth-order valence-electron chi connectivity index (χ4n) is 2.24. The number of aryl methyl sites for hydroxylation is 1. The molecule has 6 heteroatoms. The van der Waals surface area contributed by atoms with Crippen LogP contribution >= 0.6 is 0 Å². The van der Waals surface area contributed by atoms with Crippen molar-refractivity contribution >= 4 is 5.91 Å². The lowest BCUT2D eigenvalue weighted by atomic mass is 10.2. The second-order valence-corrected chi connectivity index (χ2v) is 5.67. The van der Waals surface area contributed by atoms with Crippen molar-refractivity contribution in [3.05, 3.63) is 59.1 Å². The summed E-state index contributed by atoms with van der Waals surface area (Å²) in [5.74, 6) is 0.182. The highest BCUT2D eigenvalue weighted by atomic mass is 19.1. The molecule has 0 N–H and O–H groups in total. The van der Waals surface area contributed by atoms with Gasteiger partial charge in [-0.3, -0.25) is 9.69 Å². The highest BCUT2D eigenvalue weighted by Gasteiger charge is 2.15. The maximum atomic E-state index is 13.6. The molecule has 0 bridgehead atoms. The van der Waals surface area contributed by atoms with E-state index in [0.29, 0.717) is 17.9 Å². The molecule has 0 spiro atoms. The van der Waals surface area contributed by atoms with Gasteiger partial charge in [-0.2, -0.15) is 0 Å². The largest absolute Gasteiger partial charge is 0.464 e. The van der Waals surface area contributed by atoms with E-state index in [1.807, 2.05) is 19.1 Å². The van der Waals surface area contributed by atoms with Crippen LogP contribution in [0.5, 0.6) is 0 Å². The molecule has 0 saturated carbocycles. The summed E-state index contributed by atoms with van der Waals surface area (Å²) in [6.07, 6.45) is 0. The first-order valence-electron chi connectivity index (χ1n) is 7.27. The molecule has 1 aromatic heterocycles. The van der Waals surface area contributed by atoms with Gasteiger partial charge in [-0.15, -0.1) is 0 Å². The van der Waals surface area contributed by atoms with Crippen LogP contribution in [0.1, 0.15) is 17.1 Å². The molecule has 0 atom stereocenters. The Morgan fingerprint density at radius 2 is 1.87 bits per heavy atom. The number of furan rings is 1. The Morgan fingerprint density at radius 3 is 2.48 bits per heavy atom. The molecule has 0 aliphatic heterocycles. The molecule has 0 saturated heterocycles. The topological polar surface area (TPSA) is 36.7 Å². The third kappa shape index (κ3) is 4.89. The number of nitrogens with zero attached hydrogens (tertiary/aromatic N) is 2. The first-order chi connectivity index (χ1) is 10.8. The zero-order valence-electron chi connectivity index (χ0n) is 13.5. The van der Waals surface area contributed by atoms with Crippen LogP contribution in [0.3, 0.4) is 0 Å². The normalized spacial score (nSPS) is 11.0. The minimum atomic E-state index is -0.613. The van der Waals surface area contributed by atoms with Gasteiger partial charge in [0.2, 0.25) is 5.91 Å². The van der Waals surface area contributed by atoms with Gasteiger partial charge >= 0.3 is 0 Å². The third-order valence-electron chi connectivity index (χ3n) is 3.48. The zero-order valence-corrected chi connectivity index (χ0v) is 13.5. The smallest absolute Gasteiger partial charge is 0.236 e. The maximum absolute atomic E-state index is 13.6. The Hall–Kier alpha value is -2.21. The Labute approximate surface area is 134 Å². The molecule has 1 amide bonds. The summed E-state index contributed by atoms with van der Waals surface area (Å²) in [7, 11) is 3.40. The Bertz CT molecular complexity index is 685. The molecule has 2 aromatic rings. The zero-order chi connectivity index (χ0) is 17.0. The van der Waals surface area contributed by atoms with E-state index in [-0.39, 0.29) is 19.0 Å². The molecule has 0 unspecified atom stereocenters. The van der Waals surface area contributed by atoms with Gasteiger partial charge in [-0.1, -0.05) is 6.07 Å². The number of likely N-dealkylation sites (N-methyl/N-ethyl adjacent to an activating group) is 2. The van der Waals surface area contributed by atoms with Crippen LogP contribution in [0, 0.1) is 18.6 Å². The van der Waals surface area contributed by atoms with E-state index < -0.39 is 11.6 Å². The third-order valence-corrected chi connectivity index (χ3v) is 3.48. The lowest BCUT2D eigenvalue weighted by Crippen LogP contribution is -2.36. The van der Waals surface area contributed by atoms with Crippen LogP contribution in [0.4, 0.5) is 8.78 Å². The molecule has 124 valence electrons. The van der Waals surface area contributed by atoms with Crippen molar-refractivity contribution in [1.29, 1.82) is 0 Å². The van der Waals surface area contributed by atoms with Crippen LogP contribution in [0.15, 0.2) is 34.7 Å². The highest BCUT2D eigenvalue weighted by molar-refractivity contribution is 5.77. The predicted octanol–water partition coefficient (Wildman–Crippen LogP) is 2.96. The molecule has 1 heterocycles. The molecule has 0 aliphatic carbocycles. The van der Waals surface area contributed by atoms with Crippen LogP contribution in [0.25, 0.3) is 0 Å². The number of rotatable bonds is 6. The molecule has 0 fully saturated rings. The van der Waals surface area contributed by atoms with E-state index in [1.165, 1.54) is 12.1 Å². The number of halogens is 2. The molecular formula is C17H20F2N2O2. The minimum Gasteiger partial charge on any atom is -0.464 e. The minimum absolute atomic E-state index is 0.107. The van der Waals surface area contributed by atoms with Gasteiger partial charge in [0.05, 0.1) is 13.1 Å². The van der Waals surface area contributed by atoms with Gasteiger partial charge in [-0.05, 0) is 32.2 Å². The Morgan fingerprint density at radius 1 is 1.13 bits per heavy atom. The molecule has 1 aromatic carbocycles. The SMILES string of the molecule is Cc1ccc(CN(C)C(=O)CN(C)Cc2ccc(F)cc2F)o1. The first-order valence-corrected chi connectivity index (χ1v) is 7.27. The van der Waals surface area contributed by atoms with Crippen molar-refractivity contribution in [2.24, 2.45) is 0 Å². The lowest BCUT2D eigenvalue weighted by Gasteiger charge is -2.21. The van der Waals surface area contributed by atoms with E-state index in [2.05, 4.69) is 0 Å². The van der Waals surface area contributed by atoms with Crippen molar-refractivity contribution in [3.63, 3.8) is 0 Å². The number of carbonyl (C=O) groups is 1. The highest BCUT2D eigenvalue weighted by Crippen LogP contribution is 2.12. The predicted molar refractivity (Wildman–Crippen MR) is 82.6 cm³/mol. The van der Waals surface area contributed by atoms with E-state index in [4.69, 9.17) is 4.42 Å². The summed E-state index contributed by atoms with van der Waals surface area (Å²) in [6.45, 7) is 2.58. The summed E-state index contributed by atoms with van der Waals surface area (Å²) in [6, 6.07) is 7.12. The van der Waals surface area contributed by atoms with E-state index in [0.717, 1.165) is 11.8 Å². The molecule has 23 heavy (non-hydrogen) atoms. The van der Waals surface area contributed by atoms with Gasteiger partial charge in [-0.25, -0.2) is 8.78 Å². The summed E-state index contributed by atoms with van der Waals surface area (Å²) < 4.78 is 31.9. The van der Waals surface area contributed by atoms with E-state index in [1.54, 1.807) is 23.9 Å². The number of amides is 1. The van der Waals surface area contributed by atoms with Gasteiger partial charge in [0.25, 0.3) is 0 Å². The number of hydrogen-bond acceptors (Lipinski definition) is 3. The summed E-state index contributed by atoms with van der Waals surface area (Å²) in [5, 5.41) is 0. The number of benzene rings is 1.